The Kier molecular flexibility index (Phi) is 4.58. The summed E-state index contributed by atoms with van der Waals surface area (Å²) >= 11 is 0. The van der Waals surface area contributed by atoms with Gasteiger partial charge in [-0.3, -0.25) is 0 Å². The summed E-state index contributed by atoms with van der Waals surface area (Å²) in [6, 6.07) is 1.64. The zero-order valence-corrected chi connectivity index (χ0v) is 11.6. The van der Waals surface area contributed by atoms with Crippen molar-refractivity contribution in [1.82, 2.24) is 10.6 Å². The monoisotopic (exact) mass is 268 g/mol. The van der Waals surface area contributed by atoms with Crippen LogP contribution in [0.2, 0.25) is 0 Å². The Morgan fingerprint density at radius 1 is 1.32 bits per heavy atom. The van der Waals surface area contributed by atoms with Crippen LogP contribution < -0.4 is 10.6 Å². The lowest BCUT2D eigenvalue weighted by molar-refractivity contribution is -0.141. The lowest BCUT2D eigenvalue weighted by Crippen LogP contribution is -2.52. The number of carbonyl (C=O) groups is 2. The molecule has 1 aromatic heterocycles. The van der Waals surface area contributed by atoms with Gasteiger partial charge in [-0.25, -0.2) is 9.59 Å². The Morgan fingerprint density at radius 2 is 1.95 bits per heavy atom. The first-order chi connectivity index (χ1) is 8.71. The fraction of sp³-hybridized carbons (Fsp3) is 0.538. The van der Waals surface area contributed by atoms with E-state index >= 15 is 0 Å². The first-order valence-electron chi connectivity index (χ1n) is 6.05. The predicted octanol–water partition coefficient (Wildman–Crippen LogP) is 2.14. The van der Waals surface area contributed by atoms with Crippen molar-refractivity contribution in [2.45, 2.75) is 39.8 Å². The van der Waals surface area contributed by atoms with Crippen molar-refractivity contribution in [3.63, 3.8) is 0 Å². The summed E-state index contributed by atoms with van der Waals surface area (Å²) in [5.74, 6) is -0.453. The molecule has 0 aliphatic heterocycles. The van der Waals surface area contributed by atoms with E-state index in [2.05, 4.69) is 10.6 Å². The number of urea groups is 1. The Balaban J connectivity index is 2.61. The second-order valence-electron chi connectivity index (χ2n) is 5.49. The fourth-order valence-electron chi connectivity index (χ4n) is 1.63. The molecule has 1 unspecified atom stereocenters. The molecule has 2 atom stereocenters. The summed E-state index contributed by atoms with van der Waals surface area (Å²) in [7, 11) is 0. The van der Waals surface area contributed by atoms with E-state index in [0.717, 1.165) is 0 Å². The van der Waals surface area contributed by atoms with E-state index in [4.69, 9.17) is 9.52 Å². The maximum atomic E-state index is 11.8. The number of rotatable bonds is 4. The summed E-state index contributed by atoms with van der Waals surface area (Å²) in [6.07, 6.45) is 1.51. The maximum Gasteiger partial charge on any atom is 0.326 e. The fourth-order valence-corrected chi connectivity index (χ4v) is 1.63. The molecular weight excluding hydrogens is 248 g/mol. The number of hydrogen-bond acceptors (Lipinski definition) is 3. The van der Waals surface area contributed by atoms with E-state index < -0.39 is 23.5 Å². The van der Waals surface area contributed by atoms with Crippen LogP contribution in [0, 0.1) is 5.41 Å². The van der Waals surface area contributed by atoms with Crippen molar-refractivity contribution in [2.75, 3.05) is 0 Å². The normalized spacial score (nSPS) is 14.5. The molecule has 106 valence electrons. The van der Waals surface area contributed by atoms with Crippen LogP contribution >= 0.6 is 0 Å². The lowest BCUT2D eigenvalue weighted by Gasteiger charge is -2.28. The molecule has 0 radical (unpaired) electrons. The van der Waals surface area contributed by atoms with E-state index in [-0.39, 0.29) is 6.04 Å². The largest absolute Gasteiger partial charge is 0.480 e. The van der Waals surface area contributed by atoms with Crippen LogP contribution in [0.15, 0.2) is 22.8 Å². The quantitative estimate of drug-likeness (QED) is 0.780. The second kappa shape index (κ2) is 5.77. The van der Waals surface area contributed by atoms with Gasteiger partial charge in [-0.2, -0.15) is 0 Å². The van der Waals surface area contributed by atoms with Gasteiger partial charge in [0.1, 0.15) is 11.8 Å². The smallest absolute Gasteiger partial charge is 0.326 e. The molecule has 3 N–H and O–H groups in total. The van der Waals surface area contributed by atoms with E-state index in [0.29, 0.717) is 5.76 Å². The van der Waals surface area contributed by atoms with Crippen LogP contribution in [0.3, 0.4) is 0 Å². The highest BCUT2D eigenvalue weighted by Gasteiger charge is 2.32. The Morgan fingerprint density at radius 3 is 2.37 bits per heavy atom. The Labute approximate surface area is 112 Å². The average molecular weight is 268 g/mol. The van der Waals surface area contributed by atoms with Gasteiger partial charge in [-0.1, -0.05) is 20.8 Å². The predicted molar refractivity (Wildman–Crippen MR) is 69.7 cm³/mol. The van der Waals surface area contributed by atoms with Gasteiger partial charge in [-0.15, -0.1) is 0 Å². The molecule has 19 heavy (non-hydrogen) atoms. The number of carbonyl (C=O) groups excluding carboxylic acids is 1. The van der Waals surface area contributed by atoms with Crippen LogP contribution in [0.25, 0.3) is 0 Å². The summed E-state index contributed by atoms with van der Waals surface area (Å²) in [6.45, 7) is 7.01. The van der Waals surface area contributed by atoms with Crippen LogP contribution in [0.5, 0.6) is 0 Å². The van der Waals surface area contributed by atoms with Crippen LogP contribution in [0.1, 0.15) is 39.5 Å². The number of carboxylic acid groups (broad SMARTS) is 1. The Hall–Kier alpha value is -1.98. The molecule has 0 aliphatic rings. The molecule has 0 fully saturated rings. The van der Waals surface area contributed by atoms with Gasteiger partial charge < -0.3 is 20.2 Å². The first kappa shape index (κ1) is 15.1. The lowest BCUT2D eigenvalue weighted by atomic mass is 9.87. The summed E-state index contributed by atoms with van der Waals surface area (Å²) in [5.41, 5.74) is -0.572. The second-order valence-corrected chi connectivity index (χ2v) is 5.49. The van der Waals surface area contributed by atoms with E-state index in [1.807, 2.05) is 0 Å². The molecule has 0 saturated heterocycles. The zero-order valence-electron chi connectivity index (χ0n) is 11.6. The van der Waals surface area contributed by atoms with E-state index in [1.165, 1.54) is 6.26 Å². The van der Waals surface area contributed by atoms with Gasteiger partial charge in [0.25, 0.3) is 0 Å². The number of hydrogen-bond donors (Lipinski definition) is 3. The molecule has 1 rings (SSSR count). The first-order valence-corrected chi connectivity index (χ1v) is 6.05. The number of amides is 2. The van der Waals surface area contributed by atoms with Crippen LogP contribution in [-0.2, 0) is 4.79 Å². The van der Waals surface area contributed by atoms with Gasteiger partial charge in [0, 0.05) is 0 Å². The Bertz CT molecular complexity index is 434. The standard InChI is InChI=1S/C13H20N2O4/c1-8(9-6-5-7-19-9)14-12(18)15-10(11(16)17)13(2,3)4/h5-8,10H,1-4H3,(H,16,17)(H2,14,15,18)/t8?,10-/m0/s1. The molecule has 1 aromatic rings. The molecule has 2 amide bonds. The third kappa shape index (κ3) is 4.31. The number of aliphatic carboxylic acids is 1. The summed E-state index contributed by atoms with van der Waals surface area (Å²) < 4.78 is 5.16. The molecule has 6 nitrogen and oxygen atoms in total. The number of carboxylic acids is 1. The van der Waals surface area contributed by atoms with E-state index in [9.17, 15) is 9.59 Å². The van der Waals surface area contributed by atoms with Crippen molar-refractivity contribution in [3.05, 3.63) is 24.2 Å². The van der Waals surface area contributed by atoms with Crippen molar-refractivity contribution in [1.29, 1.82) is 0 Å². The molecule has 0 saturated carbocycles. The number of nitrogens with one attached hydrogen (secondary N) is 2. The van der Waals surface area contributed by atoms with Crippen molar-refractivity contribution in [2.24, 2.45) is 5.41 Å². The molecule has 0 bridgehead atoms. The highest BCUT2D eigenvalue weighted by molar-refractivity contribution is 5.83. The highest BCUT2D eigenvalue weighted by Crippen LogP contribution is 2.19. The summed E-state index contributed by atoms with van der Waals surface area (Å²) in [5, 5.41) is 14.2. The van der Waals surface area contributed by atoms with Gasteiger partial charge in [0.05, 0.1) is 12.3 Å². The minimum Gasteiger partial charge on any atom is -0.480 e. The molecule has 6 heteroatoms. The molecule has 1 heterocycles. The SMILES string of the molecule is CC(NC(=O)N[C@@H](C(=O)O)C(C)(C)C)c1ccco1. The summed E-state index contributed by atoms with van der Waals surface area (Å²) in [4.78, 5) is 22.9. The van der Waals surface area contributed by atoms with Gasteiger partial charge >= 0.3 is 12.0 Å². The van der Waals surface area contributed by atoms with E-state index in [1.54, 1.807) is 39.8 Å². The average Bonchev–Trinajstić information content (AvgIpc) is 2.77. The minimum atomic E-state index is -1.06. The van der Waals surface area contributed by atoms with Crippen LogP contribution in [0.4, 0.5) is 4.79 Å². The topological polar surface area (TPSA) is 91.6 Å². The third-order valence-electron chi connectivity index (χ3n) is 2.71. The highest BCUT2D eigenvalue weighted by atomic mass is 16.4. The third-order valence-corrected chi connectivity index (χ3v) is 2.71. The van der Waals surface area contributed by atoms with Crippen LogP contribution in [-0.4, -0.2) is 23.1 Å². The maximum absolute atomic E-state index is 11.8. The van der Waals surface area contributed by atoms with Crippen molar-refractivity contribution < 1.29 is 19.1 Å². The molecule has 0 aliphatic carbocycles. The molecular formula is C13H20N2O4. The van der Waals surface area contributed by atoms with Crippen molar-refractivity contribution >= 4 is 12.0 Å². The molecule has 0 spiro atoms. The minimum absolute atomic E-state index is 0.329. The van der Waals surface area contributed by atoms with Gasteiger partial charge in [-0.05, 0) is 24.5 Å². The number of furan rings is 1. The zero-order chi connectivity index (χ0) is 14.6. The van der Waals surface area contributed by atoms with Gasteiger partial charge in [0.15, 0.2) is 0 Å². The molecule has 0 aromatic carbocycles. The van der Waals surface area contributed by atoms with Gasteiger partial charge in [0.2, 0.25) is 0 Å². The van der Waals surface area contributed by atoms with Crippen molar-refractivity contribution in [3.8, 4) is 0 Å².